The summed E-state index contributed by atoms with van der Waals surface area (Å²) in [7, 11) is 0. The van der Waals surface area contributed by atoms with Crippen molar-refractivity contribution in [1.82, 2.24) is 0 Å². The molecule has 0 unspecified atom stereocenters. The Morgan fingerprint density at radius 2 is 2.13 bits per heavy atom. The Kier molecular flexibility index (Phi) is 3.32. The largest absolute Gasteiger partial charge is 0.396 e. The van der Waals surface area contributed by atoms with E-state index in [1.165, 1.54) is 0 Å². The van der Waals surface area contributed by atoms with Gasteiger partial charge in [-0.25, -0.2) is 0 Å². The quantitative estimate of drug-likeness (QED) is 0.467. The van der Waals surface area contributed by atoms with E-state index in [2.05, 4.69) is 4.99 Å². The standard InChI is InChI=1S/C9H16N2O3S/c10-2-6-11-7-5(15-6)1-4(3-12)8(13)9(7)14/h4-5,7-9,12-14H,1-3,10H2/t4-,5-,7-,8-,9-/m1/s1. The topological polar surface area (TPSA) is 99.1 Å². The van der Waals surface area contributed by atoms with Crippen LogP contribution in [0.1, 0.15) is 6.42 Å². The lowest BCUT2D eigenvalue weighted by atomic mass is 9.81. The number of rotatable bonds is 2. The monoisotopic (exact) mass is 232 g/mol. The van der Waals surface area contributed by atoms with Crippen LogP contribution < -0.4 is 5.73 Å². The summed E-state index contributed by atoms with van der Waals surface area (Å²) in [5.74, 6) is -0.249. The van der Waals surface area contributed by atoms with Gasteiger partial charge in [-0.05, 0) is 6.42 Å². The molecule has 0 radical (unpaired) electrons. The van der Waals surface area contributed by atoms with Gasteiger partial charge in [-0.1, -0.05) is 0 Å². The number of fused-ring (bicyclic) bond motifs is 1. The summed E-state index contributed by atoms with van der Waals surface area (Å²) in [6.45, 7) is 0.282. The molecule has 2 rings (SSSR count). The van der Waals surface area contributed by atoms with E-state index in [0.29, 0.717) is 13.0 Å². The van der Waals surface area contributed by atoms with Gasteiger partial charge < -0.3 is 21.1 Å². The maximum atomic E-state index is 9.84. The molecule has 0 aromatic heterocycles. The molecule has 0 bridgehead atoms. The fourth-order valence-electron chi connectivity index (χ4n) is 2.21. The van der Waals surface area contributed by atoms with Crippen molar-refractivity contribution >= 4 is 16.8 Å². The molecular formula is C9H16N2O3S. The van der Waals surface area contributed by atoms with Gasteiger partial charge >= 0.3 is 0 Å². The third-order valence-electron chi connectivity index (χ3n) is 3.09. The predicted molar refractivity (Wildman–Crippen MR) is 58.9 cm³/mol. The lowest BCUT2D eigenvalue weighted by molar-refractivity contribution is -0.0646. The van der Waals surface area contributed by atoms with Gasteiger partial charge in [0, 0.05) is 24.3 Å². The molecule has 0 spiro atoms. The summed E-state index contributed by atoms with van der Waals surface area (Å²) in [5.41, 5.74) is 5.49. The zero-order chi connectivity index (χ0) is 11.0. The van der Waals surface area contributed by atoms with E-state index in [0.717, 1.165) is 5.04 Å². The molecule has 1 fully saturated rings. The fourth-order valence-corrected chi connectivity index (χ4v) is 3.54. The molecule has 0 aromatic carbocycles. The highest BCUT2D eigenvalue weighted by Crippen LogP contribution is 2.39. The molecule has 5 N–H and O–H groups in total. The second-order valence-electron chi connectivity index (χ2n) is 4.03. The van der Waals surface area contributed by atoms with Crippen molar-refractivity contribution in [3.05, 3.63) is 0 Å². The minimum absolute atomic E-state index is 0.0973. The van der Waals surface area contributed by atoms with E-state index in [1.807, 2.05) is 0 Å². The van der Waals surface area contributed by atoms with E-state index in [1.54, 1.807) is 11.8 Å². The molecule has 1 saturated carbocycles. The summed E-state index contributed by atoms with van der Waals surface area (Å²) in [4.78, 5) is 4.29. The average Bonchev–Trinajstić information content (AvgIpc) is 2.66. The van der Waals surface area contributed by atoms with E-state index in [9.17, 15) is 10.2 Å². The van der Waals surface area contributed by atoms with Gasteiger partial charge in [0.05, 0.1) is 17.2 Å². The zero-order valence-electron chi connectivity index (χ0n) is 8.28. The van der Waals surface area contributed by atoms with Gasteiger partial charge in [-0.15, -0.1) is 11.8 Å². The molecule has 5 atom stereocenters. The average molecular weight is 232 g/mol. The third kappa shape index (κ3) is 1.92. The van der Waals surface area contributed by atoms with Gasteiger partial charge in [0.15, 0.2) is 0 Å². The lowest BCUT2D eigenvalue weighted by Crippen LogP contribution is -2.51. The fraction of sp³-hybridized carbons (Fsp3) is 0.889. The van der Waals surface area contributed by atoms with Crippen LogP contribution in [0, 0.1) is 5.92 Å². The Balaban J connectivity index is 2.12. The van der Waals surface area contributed by atoms with Crippen molar-refractivity contribution in [2.75, 3.05) is 13.2 Å². The predicted octanol–water partition coefficient (Wildman–Crippen LogP) is -1.44. The van der Waals surface area contributed by atoms with Crippen LogP contribution in [0.25, 0.3) is 0 Å². The van der Waals surface area contributed by atoms with Crippen LogP contribution in [0.3, 0.4) is 0 Å². The summed E-state index contributed by atoms with van der Waals surface area (Å²) in [5, 5.41) is 29.6. The Bertz CT molecular complexity index is 274. The van der Waals surface area contributed by atoms with Crippen molar-refractivity contribution in [3.63, 3.8) is 0 Å². The second kappa shape index (κ2) is 4.39. The van der Waals surface area contributed by atoms with Crippen LogP contribution in [-0.4, -0.2) is 57.0 Å². The van der Waals surface area contributed by atoms with Crippen LogP contribution >= 0.6 is 11.8 Å². The van der Waals surface area contributed by atoms with Crippen molar-refractivity contribution in [3.8, 4) is 0 Å². The Morgan fingerprint density at radius 1 is 1.40 bits per heavy atom. The molecule has 5 nitrogen and oxygen atoms in total. The van der Waals surface area contributed by atoms with Gasteiger partial charge in [0.1, 0.15) is 6.10 Å². The summed E-state index contributed by atoms with van der Waals surface area (Å²) in [6.07, 6.45) is -1.08. The minimum Gasteiger partial charge on any atom is -0.396 e. The van der Waals surface area contributed by atoms with Crippen LogP contribution in [0.15, 0.2) is 4.99 Å². The van der Waals surface area contributed by atoms with Gasteiger partial charge in [-0.3, -0.25) is 4.99 Å². The van der Waals surface area contributed by atoms with Crippen LogP contribution in [0.5, 0.6) is 0 Å². The number of nitrogens with zero attached hydrogens (tertiary/aromatic N) is 1. The van der Waals surface area contributed by atoms with Crippen molar-refractivity contribution < 1.29 is 15.3 Å². The minimum atomic E-state index is -0.877. The van der Waals surface area contributed by atoms with Crippen molar-refractivity contribution in [2.24, 2.45) is 16.6 Å². The molecule has 0 aromatic rings. The Hall–Kier alpha value is -0.140. The van der Waals surface area contributed by atoms with E-state index >= 15 is 0 Å². The lowest BCUT2D eigenvalue weighted by Gasteiger charge is -2.37. The smallest absolute Gasteiger partial charge is 0.104 e. The van der Waals surface area contributed by atoms with Crippen LogP contribution in [-0.2, 0) is 0 Å². The SMILES string of the molecule is NCC1=N[C@H]2[C@@H](O)[C@H](O)[C@@H](CO)C[C@H]2S1. The molecule has 15 heavy (non-hydrogen) atoms. The van der Waals surface area contributed by atoms with E-state index in [-0.39, 0.29) is 23.8 Å². The third-order valence-corrected chi connectivity index (χ3v) is 4.41. The Morgan fingerprint density at radius 3 is 2.73 bits per heavy atom. The summed E-state index contributed by atoms with van der Waals surface area (Å²) >= 11 is 1.56. The van der Waals surface area contributed by atoms with Crippen molar-refractivity contribution in [1.29, 1.82) is 0 Å². The molecule has 1 aliphatic carbocycles. The van der Waals surface area contributed by atoms with Gasteiger partial charge in [0.25, 0.3) is 0 Å². The first-order chi connectivity index (χ1) is 7.17. The zero-order valence-corrected chi connectivity index (χ0v) is 9.10. The number of nitrogens with two attached hydrogens (primary N) is 1. The second-order valence-corrected chi connectivity index (χ2v) is 5.35. The van der Waals surface area contributed by atoms with E-state index < -0.39 is 12.2 Å². The molecule has 86 valence electrons. The maximum absolute atomic E-state index is 9.84. The van der Waals surface area contributed by atoms with Gasteiger partial charge in [0.2, 0.25) is 0 Å². The van der Waals surface area contributed by atoms with Crippen LogP contribution in [0.2, 0.25) is 0 Å². The maximum Gasteiger partial charge on any atom is 0.104 e. The molecular weight excluding hydrogens is 216 g/mol. The molecule has 2 aliphatic rings. The molecule has 1 heterocycles. The highest BCUT2D eigenvalue weighted by atomic mass is 32.2. The summed E-state index contributed by atoms with van der Waals surface area (Å²) in [6, 6.07) is -0.258. The molecule has 0 amide bonds. The number of hydrogen-bond acceptors (Lipinski definition) is 6. The van der Waals surface area contributed by atoms with Gasteiger partial charge in [-0.2, -0.15) is 0 Å². The first-order valence-electron chi connectivity index (χ1n) is 5.07. The number of aliphatic hydroxyl groups is 3. The molecule has 1 aliphatic heterocycles. The highest BCUT2D eigenvalue weighted by Gasteiger charge is 2.46. The number of aliphatic imine (C=N–C) groups is 1. The number of aliphatic hydroxyl groups excluding tert-OH is 3. The molecule has 0 saturated heterocycles. The van der Waals surface area contributed by atoms with Crippen LogP contribution in [0.4, 0.5) is 0 Å². The van der Waals surface area contributed by atoms with E-state index in [4.69, 9.17) is 10.8 Å². The summed E-state index contributed by atoms with van der Waals surface area (Å²) < 4.78 is 0. The number of thioether (sulfide) groups is 1. The first-order valence-corrected chi connectivity index (χ1v) is 5.95. The first kappa shape index (κ1) is 11.3. The molecule has 6 heteroatoms. The normalized spacial score (nSPS) is 45.1. The number of hydrogen-bond donors (Lipinski definition) is 4. The van der Waals surface area contributed by atoms with Crippen molar-refractivity contribution in [2.45, 2.75) is 29.9 Å². The Labute approximate surface area is 92.4 Å². The highest BCUT2D eigenvalue weighted by molar-refractivity contribution is 8.14.